The topological polar surface area (TPSA) is 59.3 Å². The first-order valence-corrected chi connectivity index (χ1v) is 10.1. The number of hydrogen-bond acceptors (Lipinski definition) is 5. The molecule has 5 nitrogen and oxygen atoms in total. The maximum Gasteiger partial charge on any atom is 0.237 e. The number of amides is 1. The van der Waals surface area contributed by atoms with Gasteiger partial charge in [-0.1, -0.05) is 52.9 Å². The molecule has 0 fully saturated rings. The van der Waals surface area contributed by atoms with Crippen molar-refractivity contribution in [3.8, 4) is 0 Å². The second kappa shape index (κ2) is 6.90. The minimum atomic E-state index is -0.334. The van der Waals surface area contributed by atoms with E-state index in [1.165, 1.54) is 11.8 Å². The number of aromatic nitrogens is 3. The number of aryl methyl sites for hydroxylation is 1. The Morgan fingerprint density at radius 3 is 2.92 bits per heavy atom. The standard InChI is InChI=1S/C18H15ClN4OS2/c1-10-7-8-12(19)9-13(10)20-16(24)11(2)25-17-21-22-18-23(17)14-5-3-4-6-15(14)26-18/h3-9,11H,1-2H3,(H,20,24). The smallest absolute Gasteiger partial charge is 0.237 e. The molecule has 0 spiro atoms. The molecule has 0 aliphatic carbocycles. The van der Waals surface area contributed by atoms with Gasteiger partial charge in [0.25, 0.3) is 0 Å². The fraction of sp³-hybridized carbons (Fsp3) is 0.167. The number of carbonyl (C=O) groups is 1. The number of rotatable bonds is 4. The number of halogens is 1. The lowest BCUT2D eigenvalue weighted by atomic mass is 10.2. The molecule has 0 bridgehead atoms. The molecule has 1 atom stereocenters. The molecule has 132 valence electrons. The van der Waals surface area contributed by atoms with Gasteiger partial charge in [0.1, 0.15) is 0 Å². The second-order valence-electron chi connectivity index (χ2n) is 5.88. The predicted octanol–water partition coefficient (Wildman–Crippen LogP) is 5.03. The summed E-state index contributed by atoms with van der Waals surface area (Å²) in [6, 6.07) is 13.5. The van der Waals surface area contributed by atoms with Gasteiger partial charge in [-0.2, -0.15) is 0 Å². The Balaban J connectivity index is 1.58. The molecular formula is C18H15ClN4OS2. The Morgan fingerprint density at radius 1 is 1.27 bits per heavy atom. The van der Waals surface area contributed by atoms with Crippen molar-refractivity contribution in [2.24, 2.45) is 0 Å². The average Bonchev–Trinajstić information content (AvgIpc) is 3.18. The van der Waals surface area contributed by atoms with E-state index in [2.05, 4.69) is 21.6 Å². The summed E-state index contributed by atoms with van der Waals surface area (Å²) in [5, 5.41) is 12.4. The molecule has 1 N–H and O–H groups in total. The zero-order chi connectivity index (χ0) is 18.3. The average molecular weight is 403 g/mol. The molecule has 4 rings (SSSR count). The molecule has 8 heteroatoms. The van der Waals surface area contributed by atoms with Crippen LogP contribution in [0.15, 0.2) is 47.6 Å². The van der Waals surface area contributed by atoms with Gasteiger partial charge in [0.2, 0.25) is 10.9 Å². The normalized spacial score (nSPS) is 12.6. The number of nitrogens with one attached hydrogen (secondary N) is 1. The molecule has 1 unspecified atom stereocenters. The van der Waals surface area contributed by atoms with Crippen LogP contribution in [0.2, 0.25) is 5.02 Å². The fourth-order valence-corrected chi connectivity index (χ4v) is 4.66. The van der Waals surface area contributed by atoms with Gasteiger partial charge in [0.15, 0.2) is 5.16 Å². The van der Waals surface area contributed by atoms with Crippen molar-refractivity contribution in [1.82, 2.24) is 14.6 Å². The van der Waals surface area contributed by atoms with Gasteiger partial charge >= 0.3 is 0 Å². The van der Waals surface area contributed by atoms with Gasteiger partial charge in [0.05, 0.1) is 15.5 Å². The third kappa shape index (κ3) is 3.18. The number of thioether (sulfide) groups is 1. The molecule has 0 radical (unpaired) electrons. The Kier molecular flexibility index (Phi) is 4.60. The van der Waals surface area contributed by atoms with Gasteiger partial charge in [0, 0.05) is 10.7 Å². The minimum Gasteiger partial charge on any atom is -0.325 e. The van der Waals surface area contributed by atoms with E-state index in [9.17, 15) is 4.79 Å². The van der Waals surface area contributed by atoms with Crippen LogP contribution in [-0.4, -0.2) is 25.8 Å². The first-order valence-electron chi connectivity index (χ1n) is 7.99. The van der Waals surface area contributed by atoms with Crippen LogP contribution in [0.25, 0.3) is 15.2 Å². The summed E-state index contributed by atoms with van der Waals surface area (Å²) in [4.78, 5) is 13.4. The molecular weight excluding hydrogens is 388 g/mol. The molecule has 0 aliphatic rings. The summed E-state index contributed by atoms with van der Waals surface area (Å²) in [6.07, 6.45) is 0. The van der Waals surface area contributed by atoms with Crippen molar-refractivity contribution in [2.75, 3.05) is 5.32 Å². The van der Waals surface area contributed by atoms with E-state index >= 15 is 0 Å². The Bertz CT molecular complexity index is 1120. The van der Waals surface area contributed by atoms with Crippen LogP contribution in [0.5, 0.6) is 0 Å². The minimum absolute atomic E-state index is 0.100. The highest BCUT2D eigenvalue weighted by Crippen LogP contribution is 2.31. The first-order chi connectivity index (χ1) is 12.5. The third-order valence-electron chi connectivity index (χ3n) is 4.02. The molecule has 26 heavy (non-hydrogen) atoms. The number of carbonyl (C=O) groups excluding carboxylic acids is 1. The Labute approximate surface area is 163 Å². The Morgan fingerprint density at radius 2 is 2.08 bits per heavy atom. The SMILES string of the molecule is Cc1ccc(Cl)cc1NC(=O)C(C)Sc1nnc2sc3ccccc3n12. The number of fused-ring (bicyclic) bond motifs is 3. The van der Waals surface area contributed by atoms with Gasteiger partial charge in [-0.3, -0.25) is 9.20 Å². The fourth-order valence-electron chi connectivity index (χ4n) is 2.61. The number of benzene rings is 2. The first kappa shape index (κ1) is 17.3. The van der Waals surface area contributed by atoms with Crippen LogP contribution < -0.4 is 5.32 Å². The second-order valence-corrected chi connectivity index (χ2v) is 8.63. The molecule has 0 saturated carbocycles. The summed E-state index contributed by atoms with van der Waals surface area (Å²) in [7, 11) is 0. The molecule has 0 aliphatic heterocycles. The quantitative estimate of drug-likeness (QED) is 0.486. The van der Waals surface area contributed by atoms with Crippen molar-refractivity contribution in [3.63, 3.8) is 0 Å². The molecule has 4 aromatic rings. The summed E-state index contributed by atoms with van der Waals surface area (Å²) in [5.74, 6) is -0.100. The molecule has 0 saturated heterocycles. The summed E-state index contributed by atoms with van der Waals surface area (Å²) >= 11 is 9.00. The van der Waals surface area contributed by atoms with Crippen molar-refractivity contribution in [2.45, 2.75) is 24.3 Å². The number of nitrogens with zero attached hydrogens (tertiary/aromatic N) is 3. The highest BCUT2D eigenvalue weighted by Gasteiger charge is 2.20. The van der Waals surface area contributed by atoms with E-state index < -0.39 is 0 Å². The highest BCUT2D eigenvalue weighted by atomic mass is 35.5. The number of anilines is 1. The molecule has 2 aromatic carbocycles. The van der Waals surface area contributed by atoms with E-state index in [1.54, 1.807) is 23.5 Å². The highest BCUT2D eigenvalue weighted by molar-refractivity contribution is 8.00. The van der Waals surface area contributed by atoms with Gasteiger partial charge in [-0.15, -0.1) is 10.2 Å². The van der Waals surface area contributed by atoms with E-state index in [-0.39, 0.29) is 11.2 Å². The van der Waals surface area contributed by atoms with Gasteiger partial charge < -0.3 is 5.32 Å². The van der Waals surface area contributed by atoms with Crippen molar-refractivity contribution in [1.29, 1.82) is 0 Å². The van der Waals surface area contributed by atoms with Crippen LogP contribution in [0.4, 0.5) is 5.69 Å². The molecule has 1 amide bonds. The zero-order valence-electron chi connectivity index (χ0n) is 14.1. The van der Waals surface area contributed by atoms with Crippen molar-refractivity contribution in [3.05, 3.63) is 53.1 Å². The third-order valence-corrected chi connectivity index (χ3v) is 6.31. The molecule has 2 heterocycles. The summed E-state index contributed by atoms with van der Waals surface area (Å²) < 4.78 is 3.14. The maximum atomic E-state index is 12.6. The lowest BCUT2D eigenvalue weighted by Gasteiger charge is -2.13. The molecule has 2 aromatic heterocycles. The van der Waals surface area contributed by atoms with E-state index in [4.69, 9.17) is 11.6 Å². The zero-order valence-corrected chi connectivity index (χ0v) is 16.5. The van der Waals surface area contributed by atoms with Crippen LogP contribution in [0.3, 0.4) is 0 Å². The van der Waals surface area contributed by atoms with Crippen LogP contribution in [0.1, 0.15) is 12.5 Å². The van der Waals surface area contributed by atoms with E-state index in [0.717, 1.165) is 26.4 Å². The summed E-state index contributed by atoms with van der Waals surface area (Å²) in [5.41, 5.74) is 2.74. The van der Waals surface area contributed by atoms with Crippen LogP contribution in [0, 0.1) is 6.92 Å². The Hall–Kier alpha value is -2.09. The largest absolute Gasteiger partial charge is 0.325 e. The summed E-state index contributed by atoms with van der Waals surface area (Å²) in [6.45, 7) is 3.79. The van der Waals surface area contributed by atoms with E-state index in [1.807, 2.05) is 42.5 Å². The number of hydrogen-bond donors (Lipinski definition) is 1. The van der Waals surface area contributed by atoms with Gasteiger partial charge in [-0.25, -0.2) is 0 Å². The van der Waals surface area contributed by atoms with Gasteiger partial charge in [-0.05, 0) is 43.7 Å². The number of thiazole rings is 1. The lowest BCUT2D eigenvalue weighted by Crippen LogP contribution is -2.23. The predicted molar refractivity (Wildman–Crippen MR) is 109 cm³/mol. The van der Waals surface area contributed by atoms with Crippen molar-refractivity contribution >= 4 is 61.5 Å². The van der Waals surface area contributed by atoms with Crippen molar-refractivity contribution < 1.29 is 4.79 Å². The maximum absolute atomic E-state index is 12.6. The van der Waals surface area contributed by atoms with Crippen LogP contribution in [-0.2, 0) is 4.79 Å². The lowest BCUT2D eigenvalue weighted by molar-refractivity contribution is -0.115. The number of para-hydroxylation sites is 1. The van der Waals surface area contributed by atoms with E-state index in [0.29, 0.717) is 10.2 Å². The monoisotopic (exact) mass is 402 g/mol. The van der Waals surface area contributed by atoms with Crippen LogP contribution >= 0.6 is 34.7 Å².